The number of hydrogen-bond donors (Lipinski definition) is 3. The zero-order valence-electron chi connectivity index (χ0n) is 13.5. The summed E-state index contributed by atoms with van der Waals surface area (Å²) in [6, 6.07) is 6.95. The van der Waals surface area contributed by atoms with Gasteiger partial charge in [-0.15, -0.1) is 0 Å². The van der Waals surface area contributed by atoms with Crippen LogP contribution in [-0.4, -0.2) is 43.0 Å². The van der Waals surface area contributed by atoms with E-state index in [1.54, 1.807) is 0 Å². The summed E-state index contributed by atoms with van der Waals surface area (Å²) in [5.41, 5.74) is 1.75. The van der Waals surface area contributed by atoms with Crippen LogP contribution in [0.5, 0.6) is 0 Å². The number of para-hydroxylation sites is 2. The summed E-state index contributed by atoms with van der Waals surface area (Å²) in [6.45, 7) is 4.04. The number of rotatable bonds is 6. The van der Waals surface area contributed by atoms with E-state index in [0.29, 0.717) is 5.82 Å². The molecule has 23 heavy (non-hydrogen) atoms. The number of amides is 2. The number of sulfone groups is 1. The van der Waals surface area contributed by atoms with Crippen LogP contribution >= 0.6 is 0 Å². The van der Waals surface area contributed by atoms with E-state index >= 15 is 0 Å². The summed E-state index contributed by atoms with van der Waals surface area (Å²) in [4.78, 5) is 19.7. The Bertz CT molecular complexity index is 750. The van der Waals surface area contributed by atoms with E-state index < -0.39 is 15.9 Å². The van der Waals surface area contributed by atoms with Crippen LogP contribution < -0.4 is 10.6 Å². The number of urea groups is 1. The molecule has 2 amide bonds. The molecule has 0 saturated heterocycles. The standard InChI is InChI=1S/C15H22N4O3S/c1-10(2)13(19-15(20)16-8-9-23(3,21)22)14-17-11-6-4-5-7-12(11)18-14/h4-7,10,13H,8-9H2,1-3H3,(H,17,18)(H2,16,19,20). The average molecular weight is 338 g/mol. The highest BCUT2D eigenvalue weighted by molar-refractivity contribution is 7.90. The third-order valence-electron chi connectivity index (χ3n) is 3.41. The summed E-state index contributed by atoms with van der Waals surface area (Å²) in [7, 11) is -3.10. The van der Waals surface area contributed by atoms with Crippen LogP contribution in [0.4, 0.5) is 4.79 Å². The van der Waals surface area contributed by atoms with Crippen LogP contribution in [0, 0.1) is 5.92 Å². The van der Waals surface area contributed by atoms with Gasteiger partial charge in [0.2, 0.25) is 0 Å². The Morgan fingerprint density at radius 2 is 2.00 bits per heavy atom. The van der Waals surface area contributed by atoms with Crippen molar-refractivity contribution in [3.05, 3.63) is 30.1 Å². The molecule has 1 aromatic heterocycles. The van der Waals surface area contributed by atoms with Gasteiger partial charge >= 0.3 is 6.03 Å². The fourth-order valence-corrected chi connectivity index (χ4v) is 2.69. The summed E-state index contributed by atoms with van der Waals surface area (Å²) >= 11 is 0. The maximum absolute atomic E-state index is 12.0. The Morgan fingerprint density at radius 3 is 2.61 bits per heavy atom. The fraction of sp³-hybridized carbons (Fsp3) is 0.467. The molecule has 1 heterocycles. The van der Waals surface area contributed by atoms with Gasteiger partial charge in [0, 0.05) is 12.8 Å². The van der Waals surface area contributed by atoms with Crippen molar-refractivity contribution in [1.82, 2.24) is 20.6 Å². The van der Waals surface area contributed by atoms with Crippen molar-refractivity contribution in [3.63, 3.8) is 0 Å². The minimum Gasteiger partial charge on any atom is -0.340 e. The third-order valence-corrected chi connectivity index (χ3v) is 4.36. The van der Waals surface area contributed by atoms with Crippen molar-refractivity contribution in [2.75, 3.05) is 18.6 Å². The summed E-state index contributed by atoms with van der Waals surface area (Å²) < 4.78 is 22.2. The molecule has 3 N–H and O–H groups in total. The molecule has 0 aliphatic heterocycles. The Labute approximate surface area is 135 Å². The van der Waals surface area contributed by atoms with Gasteiger partial charge in [-0.2, -0.15) is 0 Å². The molecular formula is C15H22N4O3S. The van der Waals surface area contributed by atoms with Crippen LogP contribution in [0.25, 0.3) is 11.0 Å². The van der Waals surface area contributed by atoms with E-state index in [9.17, 15) is 13.2 Å². The van der Waals surface area contributed by atoms with Crippen LogP contribution in [-0.2, 0) is 9.84 Å². The number of nitrogens with zero attached hydrogens (tertiary/aromatic N) is 1. The highest BCUT2D eigenvalue weighted by Gasteiger charge is 2.21. The van der Waals surface area contributed by atoms with Crippen LogP contribution in [0.1, 0.15) is 25.7 Å². The molecule has 2 rings (SSSR count). The second-order valence-electron chi connectivity index (χ2n) is 5.89. The van der Waals surface area contributed by atoms with Gasteiger partial charge in [-0.3, -0.25) is 0 Å². The predicted octanol–water partition coefficient (Wildman–Crippen LogP) is 1.60. The fourth-order valence-electron chi connectivity index (χ4n) is 2.21. The largest absolute Gasteiger partial charge is 0.340 e. The van der Waals surface area contributed by atoms with Crippen molar-refractivity contribution in [3.8, 4) is 0 Å². The number of carbonyl (C=O) groups is 1. The molecule has 126 valence electrons. The highest BCUT2D eigenvalue weighted by Crippen LogP contribution is 2.21. The normalized spacial score (nSPS) is 13.2. The number of H-pyrrole nitrogens is 1. The molecule has 0 spiro atoms. The Morgan fingerprint density at radius 1 is 1.30 bits per heavy atom. The Kier molecular flexibility index (Phi) is 5.25. The smallest absolute Gasteiger partial charge is 0.315 e. The molecule has 0 radical (unpaired) electrons. The summed E-state index contributed by atoms with van der Waals surface area (Å²) in [5.74, 6) is 0.716. The molecule has 1 aromatic carbocycles. The first-order valence-electron chi connectivity index (χ1n) is 7.43. The maximum atomic E-state index is 12.0. The minimum absolute atomic E-state index is 0.0790. The molecule has 0 saturated carbocycles. The van der Waals surface area contributed by atoms with E-state index in [2.05, 4.69) is 20.6 Å². The van der Waals surface area contributed by atoms with Crippen molar-refractivity contribution >= 4 is 26.9 Å². The van der Waals surface area contributed by atoms with Gasteiger partial charge in [-0.1, -0.05) is 26.0 Å². The van der Waals surface area contributed by atoms with Gasteiger partial charge in [0.15, 0.2) is 0 Å². The quantitative estimate of drug-likeness (QED) is 0.744. The van der Waals surface area contributed by atoms with E-state index in [4.69, 9.17) is 0 Å². The first-order valence-corrected chi connectivity index (χ1v) is 9.49. The number of nitrogens with one attached hydrogen (secondary N) is 3. The Balaban J connectivity index is 2.05. The van der Waals surface area contributed by atoms with Gasteiger partial charge < -0.3 is 15.6 Å². The van der Waals surface area contributed by atoms with Gasteiger partial charge in [0.25, 0.3) is 0 Å². The number of hydrogen-bond acceptors (Lipinski definition) is 4. The SMILES string of the molecule is CC(C)C(NC(=O)NCCS(C)(=O)=O)c1nc2ccccc2[nH]1. The van der Waals surface area contributed by atoms with Crippen LogP contribution in [0.15, 0.2) is 24.3 Å². The lowest BCUT2D eigenvalue weighted by Crippen LogP contribution is -2.41. The van der Waals surface area contributed by atoms with Gasteiger partial charge in [0.1, 0.15) is 15.7 Å². The van der Waals surface area contributed by atoms with Crippen molar-refractivity contribution in [1.29, 1.82) is 0 Å². The molecule has 7 nitrogen and oxygen atoms in total. The molecule has 0 aliphatic rings. The zero-order valence-corrected chi connectivity index (χ0v) is 14.3. The summed E-state index contributed by atoms with van der Waals surface area (Å²) in [6.07, 6.45) is 1.14. The number of aromatic nitrogens is 2. The predicted molar refractivity (Wildman–Crippen MR) is 89.9 cm³/mol. The molecular weight excluding hydrogens is 316 g/mol. The molecule has 0 aliphatic carbocycles. The van der Waals surface area contributed by atoms with E-state index in [1.807, 2.05) is 38.1 Å². The third kappa shape index (κ3) is 4.95. The van der Waals surface area contributed by atoms with E-state index in [0.717, 1.165) is 17.3 Å². The van der Waals surface area contributed by atoms with Crippen molar-refractivity contribution < 1.29 is 13.2 Å². The number of imidazole rings is 1. The van der Waals surface area contributed by atoms with Crippen LogP contribution in [0.2, 0.25) is 0 Å². The van der Waals surface area contributed by atoms with Gasteiger partial charge in [-0.25, -0.2) is 18.2 Å². The first kappa shape index (κ1) is 17.3. The lowest BCUT2D eigenvalue weighted by molar-refractivity contribution is 0.233. The van der Waals surface area contributed by atoms with Crippen molar-refractivity contribution in [2.24, 2.45) is 5.92 Å². The first-order chi connectivity index (χ1) is 10.8. The highest BCUT2D eigenvalue weighted by atomic mass is 32.2. The number of fused-ring (bicyclic) bond motifs is 1. The molecule has 0 fully saturated rings. The second kappa shape index (κ2) is 6.99. The molecule has 1 unspecified atom stereocenters. The van der Waals surface area contributed by atoms with E-state index in [1.165, 1.54) is 0 Å². The summed E-state index contributed by atoms with van der Waals surface area (Å²) in [5, 5.41) is 5.40. The van der Waals surface area contributed by atoms with E-state index in [-0.39, 0.29) is 24.3 Å². The topological polar surface area (TPSA) is 104 Å². The van der Waals surface area contributed by atoms with Gasteiger partial charge in [0.05, 0.1) is 22.8 Å². The molecule has 0 bridgehead atoms. The molecule has 2 aromatic rings. The van der Waals surface area contributed by atoms with Crippen LogP contribution in [0.3, 0.4) is 0 Å². The lowest BCUT2D eigenvalue weighted by atomic mass is 10.0. The number of aromatic amines is 1. The number of benzene rings is 1. The number of carbonyl (C=O) groups excluding carboxylic acids is 1. The van der Waals surface area contributed by atoms with Gasteiger partial charge in [-0.05, 0) is 18.1 Å². The van der Waals surface area contributed by atoms with Crippen molar-refractivity contribution in [2.45, 2.75) is 19.9 Å². The monoisotopic (exact) mass is 338 g/mol. The molecule has 8 heteroatoms. The maximum Gasteiger partial charge on any atom is 0.315 e. The molecule has 1 atom stereocenters. The second-order valence-corrected chi connectivity index (χ2v) is 8.15. The average Bonchev–Trinajstić information content (AvgIpc) is 2.86. The lowest BCUT2D eigenvalue weighted by Gasteiger charge is -2.20. The minimum atomic E-state index is -3.10. The Hall–Kier alpha value is -2.09. The zero-order chi connectivity index (χ0) is 17.0.